The summed E-state index contributed by atoms with van der Waals surface area (Å²) >= 11 is 7.64. The van der Waals surface area contributed by atoms with Crippen molar-refractivity contribution in [2.45, 2.75) is 32.1 Å². The van der Waals surface area contributed by atoms with Gasteiger partial charge in [-0.3, -0.25) is 9.48 Å². The molecule has 3 aromatic rings. The third kappa shape index (κ3) is 3.90. The number of amides is 1. The van der Waals surface area contributed by atoms with Gasteiger partial charge in [0.05, 0.1) is 17.1 Å². The molecule has 3 heterocycles. The standard InChI is InChI=1S/C22H19ClF3N3OS/c1-3-20(30)28-11-17(15-9-19(23)31-18(15)12-28)14-8-6-5-7-13(14)16-10-27-29(4-2)21(16)22(24,25)26/h3,5-10,17H,1,4,11-12H2,2H3/t17-/m1/s1. The largest absolute Gasteiger partial charge is 0.433 e. The molecule has 9 heteroatoms. The summed E-state index contributed by atoms with van der Waals surface area (Å²) in [6.45, 7) is 6.01. The second-order valence-corrected chi connectivity index (χ2v) is 8.98. The van der Waals surface area contributed by atoms with Gasteiger partial charge in [-0.2, -0.15) is 18.3 Å². The third-order valence-electron chi connectivity index (χ3n) is 5.44. The Bertz CT molecular complexity index is 1150. The molecular formula is C22H19ClF3N3OS. The van der Waals surface area contributed by atoms with Crippen LogP contribution in [0.1, 0.15) is 34.5 Å². The number of hydrogen-bond acceptors (Lipinski definition) is 3. The minimum atomic E-state index is -4.55. The molecule has 0 saturated carbocycles. The number of thiophene rings is 1. The minimum absolute atomic E-state index is 0.0278. The van der Waals surface area contributed by atoms with Gasteiger partial charge in [-0.25, -0.2) is 0 Å². The Morgan fingerprint density at radius 3 is 2.74 bits per heavy atom. The molecule has 0 N–H and O–H groups in total. The fourth-order valence-corrected chi connectivity index (χ4v) is 5.47. The van der Waals surface area contributed by atoms with Gasteiger partial charge in [0.2, 0.25) is 5.91 Å². The van der Waals surface area contributed by atoms with Crippen molar-refractivity contribution in [2.24, 2.45) is 0 Å². The number of carbonyl (C=O) groups excluding carboxylic acids is 1. The Morgan fingerprint density at radius 2 is 2.06 bits per heavy atom. The Balaban J connectivity index is 1.89. The van der Waals surface area contributed by atoms with E-state index in [9.17, 15) is 18.0 Å². The van der Waals surface area contributed by atoms with E-state index in [0.717, 1.165) is 15.1 Å². The van der Waals surface area contributed by atoms with Gasteiger partial charge < -0.3 is 4.90 Å². The van der Waals surface area contributed by atoms with Crippen molar-refractivity contribution in [1.82, 2.24) is 14.7 Å². The van der Waals surface area contributed by atoms with Crippen LogP contribution in [0.3, 0.4) is 0 Å². The molecule has 0 fully saturated rings. The molecular weight excluding hydrogens is 447 g/mol. The molecule has 162 valence electrons. The number of rotatable bonds is 4. The quantitative estimate of drug-likeness (QED) is 0.445. The summed E-state index contributed by atoms with van der Waals surface area (Å²) in [5.41, 5.74) is 1.33. The molecule has 0 saturated heterocycles. The summed E-state index contributed by atoms with van der Waals surface area (Å²) in [5.74, 6) is -0.550. The van der Waals surface area contributed by atoms with Crippen molar-refractivity contribution < 1.29 is 18.0 Å². The molecule has 0 unspecified atom stereocenters. The van der Waals surface area contributed by atoms with E-state index in [2.05, 4.69) is 11.7 Å². The van der Waals surface area contributed by atoms with E-state index in [1.807, 2.05) is 6.07 Å². The van der Waals surface area contributed by atoms with Gasteiger partial charge in [-0.15, -0.1) is 11.3 Å². The van der Waals surface area contributed by atoms with Crippen LogP contribution in [0, 0.1) is 0 Å². The zero-order valence-corrected chi connectivity index (χ0v) is 18.2. The van der Waals surface area contributed by atoms with Crippen molar-refractivity contribution in [2.75, 3.05) is 6.54 Å². The minimum Gasteiger partial charge on any atom is -0.333 e. The van der Waals surface area contributed by atoms with Crippen LogP contribution in [0.15, 0.2) is 49.2 Å². The Hall–Kier alpha value is -2.58. The zero-order chi connectivity index (χ0) is 22.3. The van der Waals surface area contributed by atoms with E-state index in [-0.39, 0.29) is 23.9 Å². The predicted molar refractivity (Wildman–Crippen MR) is 115 cm³/mol. The van der Waals surface area contributed by atoms with Gasteiger partial charge in [0.25, 0.3) is 0 Å². The van der Waals surface area contributed by atoms with E-state index in [0.29, 0.717) is 28.6 Å². The van der Waals surface area contributed by atoms with E-state index in [4.69, 9.17) is 11.6 Å². The molecule has 1 atom stereocenters. The summed E-state index contributed by atoms with van der Waals surface area (Å²) < 4.78 is 43.3. The monoisotopic (exact) mass is 465 g/mol. The molecule has 0 spiro atoms. The molecule has 2 aromatic heterocycles. The van der Waals surface area contributed by atoms with Crippen LogP contribution in [0.4, 0.5) is 13.2 Å². The number of fused-ring (bicyclic) bond motifs is 1. The number of carbonyl (C=O) groups is 1. The van der Waals surface area contributed by atoms with Gasteiger partial charge >= 0.3 is 6.18 Å². The highest BCUT2D eigenvalue weighted by Crippen LogP contribution is 2.45. The lowest BCUT2D eigenvalue weighted by atomic mass is 9.84. The molecule has 4 rings (SSSR count). The van der Waals surface area contributed by atoms with Crippen molar-refractivity contribution in [3.05, 3.63) is 75.2 Å². The van der Waals surface area contributed by atoms with Gasteiger partial charge in [0.15, 0.2) is 0 Å². The second kappa shape index (κ2) is 8.16. The van der Waals surface area contributed by atoms with Crippen LogP contribution in [0.2, 0.25) is 4.34 Å². The first-order valence-corrected chi connectivity index (χ1v) is 10.9. The summed E-state index contributed by atoms with van der Waals surface area (Å²) in [5, 5.41) is 3.97. The lowest BCUT2D eigenvalue weighted by Gasteiger charge is -2.33. The predicted octanol–water partition coefficient (Wildman–Crippen LogP) is 5.96. The highest BCUT2D eigenvalue weighted by molar-refractivity contribution is 7.16. The number of benzene rings is 1. The maximum absolute atomic E-state index is 13.9. The van der Waals surface area contributed by atoms with E-state index < -0.39 is 11.9 Å². The van der Waals surface area contributed by atoms with E-state index in [1.165, 1.54) is 23.6 Å². The summed E-state index contributed by atoms with van der Waals surface area (Å²) in [7, 11) is 0. The van der Waals surface area contributed by atoms with Crippen LogP contribution in [0.25, 0.3) is 11.1 Å². The number of halogens is 4. The van der Waals surface area contributed by atoms with Crippen molar-refractivity contribution in [3.8, 4) is 11.1 Å². The van der Waals surface area contributed by atoms with Crippen LogP contribution >= 0.6 is 22.9 Å². The van der Waals surface area contributed by atoms with Gasteiger partial charge in [0.1, 0.15) is 5.69 Å². The normalized spacial score (nSPS) is 16.3. The fourth-order valence-electron chi connectivity index (χ4n) is 4.11. The van der Waals surface area contributed by atoms with Crippen molar-refractivity contribution in [1.29, 1.82) is 0 Å². The van der Waals surface area contributed by atoms with Gasteiger partial charge in [-0.05, 0) is 35.8 Å². The Morgan fingerprint density at radius 1 is 1.32 bits per heavy atom. The highest BCUT2D eigenvalue weighted by atomic mass is 35.5. The maximum Gasteiger partial charge on any atom is 0.433 e. The molecule has 0 radical (unpaired) electrons. The van der Waals surface area contributed by atoms with E-state index >= 15 is 0 Å². The number of nitrogens with zero attached hydrogens (tertiary/aromatic N) is 3. The summed E-state index contributed by atoms with van der Waals surface area (Å²) in [6, 6.07) is 8.82. The molecule has 1 amide bonds. The van der Waals surface area contributed by atoms with E-state index in [1.54, 1.807) is 36.1 Å². The lowest BCUT2D eigenvalue weighted by molar-refractivity contribution is -0.143. The molecule has 4 nitrogen and oxygen atoms in total. The lowest BCUT2D eigenvalue weighted by Crippen LogP contribution is -2.37. The first kappa shape index (κ1) is 21.6. The molecule has 1 aliphatic heterocycles. The van der Waals surface area contributed by atoms with Crippen LogP contribution in [-0.4, -0.2) is 27.1 Å². The average Bonchev–Trinajstić information content (AvgIpc) is 3.34. The van der Waals surface area contributed by atoms with Crippen LogP contribution < -0.4 is 0 Å². The number of alkyl halides is 3. The van der Waals surface area contributed by atoms with Crippen LogP contribution in [0.5, 0.6) is 0 Å². The fraction of sp³-hybridized carbons (Fsp3) is 0.273. The van der Waals surface area contributed by atoms with Gasteiger partial charge in [0, 0.05) is 29.4 Å². The Labute approximate surface area is 186 Å². The average molecular weight is 466 g/mol. The zero-order valence-electron chi connectivity index (χ0n) is 16.6. The van der Waals surface area contributed by atoms with Crippen LogP contribution in [-0.2, 0) is 24.1 Å². The SMILES string of the molecule is C=CC(=O)N1Cc2sc(Cl)cc2[C@@H](c2ccccc2-c2cnn(CC)c2C(F)(F)F)C1. The smallest absolute Gasteiger partial charge is 0.333 e. The molecule has 31 heavy (non-hydrogen) atoms. The van der Waals surface area contributed by atoms with Gasteiger partial charge in [-0.1, -0.05) is 42.4 Å². The number of hydrogen-bond donors (Lipinski definition) is 0. The first-order valence-electron chi connectivity index (χ1n) is 9.66. The summed E-state index contributed by atoms with van der Waals surface area (Å²) in [4.78, 5) is 14.9. The maximum atomic E-state index is 13.9. The molecule has 1 aliphatic rings. The van der Waals surface area contributed by atoms with Crippen molar-refractivity contribution >= 4 is 28.8 Å². The third-order valence-corrected chi connectivity index (χ3v) is 6.71. The molecule has 0 bridgehead atoms. The topological polar surface area (TPSA) is 38.1 Å². The molecule has 1 aromatic carbocycles. The first-order chi connectivity index (χ1) is 14.7. The van der Waals surface area contributed by atoms with Crippen molar-refractivity contribution in [3.63, 3.8) is 0 Å². The molecule has 0 aliphatic carbocycles. The Kier molecular flexibility index (Phi) is 5.70. The summed E-state index contributed by atoms with van der Waals surface area (Å²) in [6.07, 6.45) is -2.04. The number of aryl methyl sites for hydroxylation is 1. The highest BCUT2D eigenvalue weighted by Gasteiger charge is 2.39. The second-order valence-electron chi connectivity index (χ2n) is 7.21. The number of aromatic nitrogens is 2.